The molecule has 0 unspecified atom stereocenters. The van der Waals surface area contributed by atoms with Crippen LogP contribution in [0.15, 0.2) is 58.1 Å². The van der Waals surface area contributed by atoms with Crippen LogP contribution in [0.3, 0.4) is 0 Å². The minimum atomic E-state index is -0.482. The van der Waals surface area contributed by atoms with Crippen molar-refractivity contribution in [1.29, 1.82) is 0 Å². The van der Waals surface area contributed by atoms with E-state index in [1.807, 2.05) is 0 Å². The Hall–Kier alpha value is -3.53. The van der Waals surface area contributed by atoms with Crippen LogP contribution >= 0.6 is 23.2 Å². The van der Waals surface area contributed by atoms with E-state index in [4.69, 9.17) is 42.5 Å². The molecule has 196 valence electrons. The van der Waals surface area contributed by atoms with E-state index in [2.05, 4.69) is 0 Å². The van der Waals surface area contributed by atoms with Crippen molar-refractivity contribution < 1.29 is 24.1 Å². The lowest BCUT2D eigenvalue weighted by atomic mass is 10.2. The molecule has 0 fully saturated rings. The van der Waals surface area contributed by atoms with Gasteiger partial charge in [0.1, 0.15) is 18.0 Å². The highest BCUT2D eigenvalue weighted by Crippen LogP contribution is 2.31. The monoisotopic (exact) mass is 548 g/mol. The number of benzene rings is 2. The summed E-state index contributed by atoms with van der Waals surface area (Å²) in [6, 6.07) is 12.8. The molecule has 0 saturated carbocycles. The first kappa shape index (κ1) is 28.0. The van der Waals surface area contributed by atoms with Crippen LogP contribution in [0.4, 0.5) is 0 Å². The first-order valence-corrected chi connectivity index (χ1v) is 12.0. The first-order chi connectivity index (χ1) is 17.8. The number of methoxy groups -OCH3 is 2. The Kier molecular flexibility index (Phi) is 9.57. The van der Waals surface area contributed by atoms with E-state index in [0.717, 1.165) is 5.39 Å². The van der Waals surface area contributed by atoms with Crippen LogP contribution in [-0.4, -0.2) is 47.6 Å². The number of carbonyl (C=O) groups excluding carboxylic acids is 1. The normalized spacial score (nSPS) is 10.6. The quantitative estimate of drug-likeness (QED) is 0.349. The summed E-state index contributed by atoms with van der Waals surface area (Å²) in [5, 5.41) is 11.4. The van der Waals surface area contributed by atoms with Gasteiger partial charge in [-0.05, 0) is 43.3 Å². The Bertz CT molecular complexity index is 1550. The van der Waals surface area contributed by atoms with E-state index < -0.39 is 5.97 Å². The van der Waals surface area contributed by atoms with Gasteiger partial charge >= 0.3 is 5.97 Å². The lowest BCUT2D eigenvalue weighted by molar-refractivity contribution is -0.143. The van der Waals surface area contributed by atoms with Crippen LogP contribution in [0, 0.1) is 0 Å². The largest absolute Gasteiger partial charge is 0.495 e. The molecule has 0 amide bonds. The maximum absolute atomic E-state index is 12.0. The summed E-state index contributed by atoms with van der Waals surface area (Å²) in [6.07, 6.45) is 0. The molecule has 0 saturated heterocycles. The molecular weight excluding hydrogens is 523 g/mol. The van der Waals surface area contributed by atoms with Gasteiger partial charge in [0, 0.05) is 29.4 Å². The predicted molar refractivity (Wildman–Crippen MR) is 143 cm³/mol. The minimum absolute atomic E-state index is 0.116. The number of ether oxygens (including phenoxy) is 3. The van der Waals surface area contributed by atoms with Crippen molar-refractivity contribution in [2.24, 2.45) is 0 Å². The van der Waals surface area contributed by atoms with E-state index >= 15 is 0 Å². The van der Waals surface area contributed by atoms with Gasteiger partial charge < -0.3 is 23.9 Å². The van der Waals surface area contributed by atoms with Crippen LogP contribution in [0.1, 0.15) is 6.92 Å². The molecule has 2 aromatic heterocycles. The fraction of sp³-hybridized carbons (Fsp3) is 0.269. The fourth-order valence-corrected chi connectivity index (χ4v) is 4.29. The molecular formula is C26H26Cl2N2O7. The maximum Gasteiger partial charge on any atom is 0.326 e. The number of nitrogens with zero attached hydrogens (tertiary/aromatic N) is 2. The molecule has 4 aromatic rings. The predicted octanol–water partition coefficient (Wildman–Crippen LogP) is 3.88. The number of hydrogen-bond donors (Lipinski definition) is 1. The summed E-state index contributed by atoms with van der Waals surface area (Å²) in [5.74, 6) is 0.561. The third-order valence-electron chi connectivity index (χ3n) is 5.47. The lowest BCUT2D eigenvalue weighted by Crippen LogP contribution is -2.25. The molecule has 0 atom stereocenters. The Balaban J connectivity index is 0.000000208. The van der Waals surface area contributed by atoms with E-state index in [0.29, 0.717) is 38.0 Å². The minimum Gasteiger partial charge on any atom is -0.495 e. The standard InChI is InChI=1S/C14H14ClNO4.C12H12ClNO3/c1-3-20-13(18)8-16-12(17)7-4-9-10(15)5-6-11(19-2)14(9)16;1-17-10-4-3-9(13)8-2-5-11(16)14(6-7-15)12(8)10/h4-7H,3,8H2,1-2H3;2-5,15H,6-7H2,1H3. The van der Waals surface area contributed by atoms with Crippen LogP contribution in [0.2, 0.25) is 10.0 Å². The van der Waals surface area contributed by atoms with Crippen LogP contribution in [0.25, 0.3) is 21.8 Å². The third kappa shape index (κ3) is 6.07. The van der Waals surface area contributed by atoms with Crippen molar-refractivity contribution in [3.63, 3.8) is 0 Å². The number of hydrogen-bond acceptors (Lipinski definition) is 7. The molecule has 0 aliphatic carbocycles. The van der Waals surface area contributed by atoms with Crippen molar-refractivity contribution in [1.82, 2.24) is 9.13 Å². The highest BCUT2D eigenvalue weighted by Gasteiger charge is 2.14. The van der Waals surface area contributed by atoms with Gasteiger partial charge in [-0.3, -0.25) is 19.0 Å². The number of pyridine rings is 2. The Morgan fingerprint density at radius 2 is 1.30 bits per heavy atom. The second kappa shape index (κ2) is 12.6. The average molecular weight is 549 g/mol. The van der Waals surface area contributed by atoms with Crippen LogP contribution in [0.5, 0.6) is 11.5 Å². The summed E-state index contributed by atoms with van der Waals surface area (Å²) in [4.78, 5) is 35.4. The summed E-state index contributed by atoms with van der Waals surface area (Å²) >= 11 is 12.2. The van der Waals surface area contributed by atoms with Gasteiger partial charge in [-0.25, -0.2) is 0 Å². The number of rotatable bonds is 7. The van der Waals surface area contributed by atoms with Gasteiger partial charge in [0.15, 0.2) is 0 Å². The van der Waals surface area contributed by atoms with E-state index in [-0.39, 0.29) is 37.4 Å². The van der Waals surface area contributed by atoms with Crippen molar-refractivity contribution in [3.8, 4) is 11.5 Å². The van der Waals surface area contributed by atoms with Crippen molar-refractivity contribution in [2.45, 2.75) is 20.0 Å². The second-order valence-corrected chi connectivity index (χ2v) is 8.45. The van der Waals surface area contributed by atoms with Gasteiger partial charge in [0.25, 0.3) is 11.1 Å². The molecule has 0 radical (unpaired) electrons. The lowest BCUT2D eigenvalue weighted by Gasteiger charge is -2.13. The summed E-state index contributed by atoms with van der Waals surface area (Å²) < 4.78 is 18.1. The van der Waals surface area contributed by atoms with E-state index in [1.54, 1.807) is 43.3 Å². The molecule has 9 nitrogen and oxygen atoms in total. The number of aliphatic hydroxyl groups excluding tert-OH is 1. The first-order valence-electron chi connectivity index (χ1n) is 11.3. The third-order valence-corrected chi connectivity index (χ3v) is 6.13. The van der Waals surface area contributed by atoms with Crippen LogP contribution < -0.4 is 20.6 Å². The molecule has 0 spiro atoms. The van der Waals surface area contributed by atoms with E-state index in [9.17, 15) is 14.4 Å². The zero-order valence-corrected chi connectivity index (χ0v) is 22.0. The summed E-state index contributed by atoms with van der Waals surface area (Å²) in [5.41, 5.74) is 0.598. The zero-order chi connectivity index (χ0) is 27.1. The maximum atomic E-state index is 12.0. The summed E-state index contributed by atoms with van der Waals surface area (Å²) in [6.45, 7) is 1.89. The van der Waals surface area contributed by atoms with Gasteiger partial charge in [-0.15, -0.1) is 0 Å². The molecule has 2 aromatic carbocycles. The van der Waals surface area contributed by atoms with Gasteiger partial charge in [-0.1, -0.05) is 23.2 Å². The molecule has 4 rings (SSSR count). The molecule has 1 N–H and O–H groups in total. The van der Waals surface area contributed by atoms with Gasteiger partial charge in [0.2, 0.25) is 0 Å². The fourth-order valence-electron chi connectivity index (χ4n) is 3.85. The Morgan fingerprint density at radius 1 is 0.811 bits per heavy atom. The Morgan fingerprint density at radius 3 is 1.76 bits per heavy atom. The van der Waals surface area contributed by atoms with Gasteiger partial charge in [-0.2, -0.15) is 0 Å². The number of aromatic nitrogens is 2. The molecule has 11 heteroatoms. The van der Waals surface area contributed by atoms with Gasteiger partial charge in [0.05, 0.1) is 48.5 Å². The van der Waals surface area contributed by atoms with Crippen LogP contribution in [-0.2, 0) is 22.6 Å². The molecule has 0 aliphatic heterocycles. The van der Waals surface area contributed by atoms with Crippen molar-refractivity contribution in [2.75, 3.05) is 27.4 Å². The number of carbonyl (C=O) groups is 1. The number of aliphatic hydroxyl groups is 1. The van der Waals surface area contributed by atoms with E-state index in [1.165, 1.54) is 35.5 Å². The average Bonchev–Trinajstić information content (AvgIpc) is 2.88. The Labute approximate surface area is 222 Å². The van der Waals surface area contributed by atoms with Crippen molar-refractivity contribution >= 4 is 51.0 Å². The number of fused-ring (bicyclic) bond motifs is 2. The highest BCUT2D eigenvalue weighted by atomic mass is 35.5. The van der Waals surface area contributed by atoms with Crippen molar-refractivity contribution in [3.05, 3.63) is 79.3 Å². The SMILES string of the molecule is CCOC(=O)Cn1c(=O)ccc2c(Cl)ccc(OC)c21.COc1ccc(Cl)c2ccc(=O)n(CCO)c12. The summed E-state index contributed by atoms with van der Waals surface area (Å²) in [7, 11) is 3.03. The number of halogens is 2. The molecule has 0 bridgehead atoms. The molecule has 2 heterocycles. The smallest absolute Gasteiger partial charge is 0.326 e. The molecule has 37 heavy (non-hydrogen) atoms. The number of esters is 1. The molecule has 0 aliphatic rings. The highest BCUT2D eigenvalue weighted by molar-refractivity contribution is 6.36. The second-order valence-electron chi connectivity index (χ2n) is 7.63. The topological polar surface area (TPSA) is 109 Å². The zero-order valence-electron chi connectivity index (χ0n) is 20.5.